The van der Waals surface area contributed by atoms with Crippen LogP contribution >= 0.6 is 23.7 Å². The molecule has 1 aromatic carbocycles. The van der Waals surface area contributed by atoms with Gasteiger partial charge >= 0.3 is 0 Å². The predicted octanol–water partition coefficient (Wildman–Crippen LogP) is 4.98. The molecular weight excluding hydrogens is 394 g/mol. The zero-order valence-electron chi connectivity index (χ0n) is 17.1. The van der Waals surface area contributed by atoms with E-state index in [1.165, 1.54) is 6.42 Å². The second kappa shape index (κ2) is 11.0. The van der Waals surface area contributed by atoms with Crippen LogP contribution in [0.4, 0.5) is 5.13 Å². The lowest BCUT2D eigenvalue weighted by molar-refractivity contribution is -0.123. The van der Waals surface area contributed by atoms with Crippen molar-refractivity contribution in [3.63, 3.8) is 0 Å². The van der Waals surface area contributed by atoms with Gasteiger partial charge in [0.25, 0.3) is 0 Å². The van der Waals surface area contributed by atoms with Crippen molar-refractivity contribution in [1.82, 2.24) is 9.88 Å². The lowest BCUT2D eigenvalue weighted by Crippen LogP contribution is -2.42. The summed E-state index contributed by atoms with van der Waals surface area (Å²) in [6.45, 7) is 7.91. The van der Waals surface area contributed by atoms with Crippen molar-refractivity contribution in [2.75, 3.05) is 38.2 Å². The van der Waals surface area contributed by atoms with E-state index >= 15 is 0 Å². The number of thiazole rings is 1. The van der Waals surface area contributed by atoms with Crippen LogP contribution in [0, 0.1) is 5.92 Å². The fourth-order valence-electron chi connectivity index (χ4n) is 3.79. The average Bonchev–Trinajstić information content (AvgIpc) is 3.14. The summed E-state index contributed by atoms with van der Waals surface area (Å²) < 4.78 is 6.40. The van der Waals surface area contributed by atoms with Crippen LogP contribution in [0.2, 0.25) is 0 Å². The SMILES string of the molecule is CCN(CC)CCN(C(=O)C1CCCCC1)c1nc2ccc(OC)cc2s1.Cl. The van der Waals surface area contributed by atoms with Gasteiger partial charge in [0, 0.05) is 19.0 Å². The number of benzene rings is 1. The highest BCUT2D eigenvalue weighted by Crippen LogP contribution is 2.34. The van der Waals surface area contributed by atoms with E-state index in [0.717, 1.165) is 66.4 Å². The number of methoxy groups -OCH3 is 1. The summed E-state index contributed by atoms with van der Waals surface area (Å²) in [6, 6.07) is 5.90. The van der Waals surface area contributed by atoms with Crippen LogP contribution in [0.25, 0.3) is 10.2 Å². The maximum absolute atomic E-state index is 13.3. The topological polar surface area (TPSA) is 45.7 Å². The number of rotatable bonds is 8. The Kier molecular flexibility index (Phi) is 8.99. The number of carbonyl (C=O) groups is 1. The first-order chi connectivity index (χ1) is 13.2. The van der Waals surface area contributed by atoms with Gasteiger partial charge in [0.2, 0.25) is 5.91 Å². The quantitative estimate of drug-likeness (QED) is 0.598. The highest BCUT2D eigenvalue weighted by molar-refractivity contribution is 7.22. The number of carbonyl (C=O) groups excluding carboxylic acids is 1. The standard InChI is InChI=1S/C21H31N3O2S.ClH/c1-4-23(5-2)13-14-24(20(25)16-9-7-6-8-10-16)21-22-18-12-11-17(26-3)15-19(18)27-21;/h11-12,15-16H,4-10,13-14H2,1-3H3;1H. The second-order valence-corrected chi connectivity index (χ2v) is 8.19. The number of aromatic nitrogens is 1. The van der Waals surface area contributed by atoms with Crippen molar-refractivity contribution in [3.8, 4) is 5.75 Å². The number of hydrogen-bond acceptors (Lipinski definition) is 5. The Morgan fingerprint density at radius 1 is 1.18 bits per heavy atom. The van der Waals surface area contributed by atoms with Gasteiger partial charge < -0.3 is 9.64 Å². The first kappa shape index (κ1) is 22.9. The molecule has 1 aromatic heterocycles. The summed E-state index contributed by atoms with van der Waals surface area (Å²) in [4.78, 5) is 22.4. The minimum atomic E-state index is 0. The van der Waals surface area contributed by atoms with Gasteiger partial charge in [0.05, 0.1) is 17.3 Å². The van der Waals surface area contributed by atoms with Crippen LogP contribution in [0.1, 0.15) is 46.0 Å². The maximum atomic E-state index is 13.3. The summed E-state index contributed by atoms with van der Waals surface area (Å²) in [5, 5.41) is 0.820. The molecular formula is C21H32ClN3O2S. The molecule has 0 radical (unpaired) electrons. The van der Waals surface area contributed by atoms with E-state index in [-0.39, 0.29) is 24.2 Å². The molecule has 1 aliphatic carbocycles. The van der Waals surface area contributed by atoms with Crippen LogP contribution in [0.5, 0.6) is 5.75 Å². The summed E-state index contributed by atoms with van der Waals surface area (Å²) in [5.41, 5.74) is 0.931. The fourth-order valence-corrected chi connectivity index (χ4v) is 4.81. The van der Waals surface area contributed by atoms with Crippen LogP contribution in [-0.2, 0) is 4.79 Å². The van der Waals surface area contributed by atoms with E-state index < -0.39 is 0 Å². The molecule has 0 N–H and O–H groups in total. The van der Waals surface area contributed by atoms with Crippen molar-refractivity contribution in [3.05, 3.63) is 18.2 Å². The lowest BCUT2D eigenvalue weighted by Gasteiger charge is -2.29. The molecule has 0 spiro atoms. The van der Waals surface area contributed by atoms with E-state index in [0.29, 0.717) is 6.54 Å². The summed E-state index contributed by atoms with van der Waals surface area (Å²) >= 11 is 1.59. The van der Waals surface area contributed by atoms with E-state index in [2.05, 4.69) is 18.7 Å². The predicted molar refractivity (Wildman–Crippen MR) is 120 cm³/mol. The average molecular weight is 426 g/mol. The molecule has 0 aliphatic heterocycles. The molecule has 5 nitrogen and oxygen atoms in total. The molecule has 1 aliphatic rings. The van der Waals surface area contributed by atoms with Gasteiger partial charge in [0.1, 0.15) is 5.75 Å². The second-order valence-electron chi connectivity index (χ2n) is 7.18. The van der Waals surface area contributed by atoms with Crippen molar-refractivity contribution in [1.29, 1.82) is 0 Å². The van der Waals surface area contributed by atoms with Gasteiger partial charge in [-0.1, -0.05) is 44.4 Å². The normalized spacial score (nSPS) is 14.9. The van der Waals surface area contributed by atoms with Crippen LogP contribution < -0.4 is 9.64 Å². The third-order valence-electron chi connectivity index (χ3n) is 5.57. The molecule has 1 fully saturated rings. The first-order valence-electron chi connectivity index (χ1n) is 10.1. The number of fused-ring (bicyclic) bond motifs is 1. The van der Waals surface area contributed by atoms with Gasteiger partial charge in [-0.25, -0.2) is 4.98 Å². The number of likely N-dealkylation sites (N-methyl/N-ethyl adjacent to an activating group) is 1. The first-order valence-corrected chi connectivity index (χ1v) is 11.0. The molecule has 0 atom stereocenters. The Morgan fingerprint density at radius 3 is 2.54 bits per heavy atom. The van der Waals surface area contributed by atoms with Gasteiger partial charge in [-0.3, -0.25) is 9.69 Å². The Morgan fingerprint density at radius 2 is 1.89 bits per heavy atom. The molecule has 28 heavy (non-hydrogen) atoms. The van der Waals surface area contributed by atoms with Gasteiger partial charge in [-0.15, -0.1) is 12.4 Å². The largest absolute Gasteiger partial charge is 0.497 e. The van der Waals surface area contributed by atoms with Crippen LogP contribution in [-0.4, -0.2) is 49.1 Å². The number of ether oxygens (including phenoxy) is 1. The van der Waals surface area contributed by atoms with Crippen molar-refractivity contribution < 1.29 is 9.53 Å². The smallest absolute Gasteiger partial charge is 0.231 e. The Balaban J connectivity index is 0.00000280. The minimum absolute atomic E-state index is 0. The highest BCUT2D eigenvalue weighted by atomic mass is 35.5. The summed E-state index contributed by atoms with van der Waals surface area (Å²) in [7, 11) is 1.67. The number of anilines is 1. The Bertz CT molecular complexity index is 757. The molecule has 0 saturated heterocycles. The molecule has 1 saturated carbocycles. The molecule has 7 heteroatoms. The zero-order chi connectivity index (χ0) is 19.2. The number of hydrogen-bond donors (Lipinski definition) is 0. The maximum Gasteiger partial charge on any atom is 0.231 e. The molecule has 1 heterocycles. The number of nitrogens with zero attached hydrogens (tertiary/aromatic N) is 3. The lowest BCUT2D eigenvalue weighted by atomic mass is 9.88. The minimum Gasteiger partial charge on any atom is -0.497 e. The fraction of sp³-hybridized carbons (Fsp3) is 0.619. The summed E-state index contributed by atoms with van der Waals surface area (Å²) in [5.74, 6) is 1.23. The molecule has 0 bridgehead atoms. The van der Waals surface area contributed by atoms with Gasteiger partial charge in [0.15, 0.2) is 5.13 Å². The van der Waals surface area contributed by atoms with Crippen molar-refractivity contribution in [2.45, 2.75) is 46.0 Å². The van der Waals surface area contributed by atoms with Crippen molar-refractivity contribution in [2.24, 2.45) is 5.92 Å². The molecule has 156 valence electrons. The Labute approximate surface area is 178 Å². The third kappa shape index (κ3) is 5.37. The molecule has 0 unspecified atom stereocenters. The van der Waals surface area contributed by atoms with Gasteiger partial charge in [-0.05, 0) is 44.1 Å². The molecule has 3 rings (SSSR count). The van der Waals surface area contributed by atoms with Crippen molar-refractivity contribution >= 4 is 45.0 Å². The summed E-state index contributed by atoms with van der Waals surface area (Å²) in [6.07, 6.45) is 5.61. The van der Waals surface area contributed by atoms with E-state index in [9.17, 15) is 4.79 Å². The monoisotopic (exact) mass is 425 g/mol. The number of amides is 1. The zero-order valence-corrected chi connectivity index (χ0v) is 18.8. The highest BCUT2D eigenvalue weighted by Gasteiger charge is 2.28. The van der Waals surface area contributed by atoms with E-state index in [4.69, 9.17) is 9.72 Å². The molecule has 1 amide bonds. The van der Waals surface area contributed by atoms with Crippen LogP contribution in [0.15, 0.2) is 18.2 Å². The molecule has 2 aromatic rings. The number of halogens is 1. The van der Waals surface area contributed by atoms with E-state index in [1.807, 2.05) is 23.1 Å². The van der Waals surface area contributed by atoms with E-state index in [1.54, 1.807) is 18.4 Å². The van der Waals surface area contributed by atoms with Crippen LogP contribution in [0.3, 0.4) is 0 Å². The van der Waals surface area contributed by atoms with Gasteiger partial charge in [-0.2, -0.15) is 0 Å². The Hall–Kier alpha value is -1.37. The third-order valence-corrected chi connectivity index (χ3v) is 6.61.